The molecule has 0 saturated heterocycles. The summed E-state index contributed by atoms with van der Waals surface area (Å²) < 4.78 is 0. The van der Waals surface area contributed by atoms with Crippen LogP contribution in [0.1, 0.15) is 84.9 Å². The number of benzene rings is 1. The summed E-state index contributed by atoms with van der Waals surface area (Å²) in [7, 11) is 0. The molecule has 0 saturated carbocycles. The number of rotatable bonds is 0. The van der Waals surface area contributed by atoms with Gasteiger partial charge >= 0.3 is 0 Å². The fourth-order valence-electron chi connectivity index (χ4n) is 2.70. The summed E-state index contributed by atoms with van der Waals surface area (Å²) in [6, 6.07) is 6.98. The third-order valence-electron chi connectivity index (χ3n) is 4.01. The Morgan fingerprint density at radius 3 is 1.63 bits per heavy atom. The molecule has 0 heteroatoms. The van der Waals surface area contributed by atoms with Gasteiger partial charge in [0.1, 0.15) is 0 Å². The van der Waals surface area contributed by atoms with Crippen molar-refractivity contribution in [3.8, 4) is 0 Å². The molecule has 1 aliphatic carbocycles. The Kier molecular flexibility index (Phi) is 6.83. The predicted octanol–water partition coefficient (Wildman–Crippen LogP) is 6.40. The van der Waals surface area contributed by atoms with Crippen LogP contribution in [0.3, 0.4) is 0 Å². The Hall–Kier alpha value is -0.780. The highest BCUT2D eigenvalue weighted by Gasteiger charge is 2.36. The predicted molar refractivity (Wildman–Crippen MR) is 89.2 cm³/mol. The maximum atomic E-state index is 2.39. The molecule has 0 fully saturated rings. The van der Waals surface area contributed by atoms with Crippen LogP contribution in [0.2, 0.25) is 0 Å². The van der Waals surface area contributed by atoms with Gasteiger partial charge in [-0.25, -0.2) is 0 Å². The lowest BCUT2D eigenvalue weighted by molar-refractivity contribution is 0.331. The monoisotopic (exact) mass is 262 g/mol. The van der Waals surface area contributed by atoms with Crippen molar-refractivity contribution in [1.82, 2.24) is 0 Å². The fraction of sp³-hybridized carbons (Fsp3) is 0.684. The molecule has 0 heterocycles. The average Bonchev–Trinajstić information content (AvgIpc) is 2.40. The van der Waals surface area contributed by atoms with Gasteiger partial charge < -0.3 is 0 Å². The van der Waals surface area contributed by atoms with Crippen LogP contribution in [0.25, 0.3) is 0 Å². The van der Waals surface area contributed by atoms with Crippen molar-refractivity contribution in [2.45, 2.75) is 86.0 Å². The van der Waals surface area contributed by atoms with E-state index >= 15 is 0 Å². The molecular weight excluding hydrogens is 228 g/mol. The molecule has 0 amide bonds. The van der Waals surface area contributed by atoms with E-state index in [-0.39, 0.29) is 0 Å². The van der Waals surface area contributed by atoms with E-state index in [1.54, 1.807) is 11.1 Å². The second-order valence-electron chi connectivity index (χ2n) is 6.32. The molecule has 0 atom stereocenters. The molecule has 1 aromatic carbocycles. The zero-order valence-electron chi connectivity index (χ0n) is 14.6. The Balaban J connectivity index is 0.000000741. The lowest BCUT2D eigenvalue weighted by atomic mass is 9.63. The van der Waals surface area contributed by atoms with E-state index in [1.165, 1.54) is 18.4 Å². The minimum atomic E-state index is 0.358. The van der Waals surface area contributed by atoms with Crippen molar-refractivity contribution in [3.05, 3.63) is 34.9 Å². The smallest absolute Gasteiger partial charge is 0.0100 e. The van der Waals surface area contributed by atoms with E-state index in [0.29, 0.717) is 10.8 Å². The van der Waals surface area contributed by atoms with Gasteiger partial charge in [-0.1, -0.05) is 79.2 Å². The van der Waals surface area contributed by atoms with E-state index in [2.05, 4.69) is 52.8 Å². The molecule has 0 unspecified atom stereocenters. The summed E-state index contributed by atoms with van der Waals surface area (Å²) in [4.78, 5) is 0. The highest BCUT2D eigenvalue weighted by Crippen LogP contribution is 2.45. The average molecular weight is 262 g/mol. The SMILES string of the molecule is CC.CC.Cc1ccc2c(c1)C(C)(C)CCC2(C)C. The highest BCUT2D eigenvalue weighted by molar-refractivity contribution is 5.43. The second kappa shape index (κ2) is 7.12. The quantitative estimate of drug-likeness (QED) is 0.507. The summed E-state index contributed by atoms with van der Waals surface area (Å²) in [6.07, 6.45) is 2.60. The van der Waals surface area contributed by atoms with E-state index in [1.807, 2.05) is 27.7 Å². The Morgan fingerprint density at radius 1 is 0.737 bits per heavy atom. The molecule has 0 aliphatic heterocycles. The molecule has 0 nitrogen and oxygen atoms in total. The van der Waals surface area contributed by atoms with Gasteiger partial charge in [-0.15, -0.1) is 0 Å². The van der Waals surface area contributed by atoms with Crippen LogP contribution in [-0.2, 0) is 10.8 Å². The summed E-state index contributed by atoms with van der Waals surface area (Å²) in [5.41, 5.74) is 5.23. The van der Waals surface area contributed by atoms with Crippen molar-refractivity contribution in [3.63, 3.8) is 0 Å². The molecular formula is C19H34. The summed E-state index contributed by atoms with van der Waals surface area (Å²) in [5, 5.41) is 0. The van der Waals surface area contributed by atoms with E-state index < -0.39 is 0 Å². The van der Waals surface area contributed by atoms with Crippen LogP contribution in [0.15, 0.2) is 18.2 Å². The molecule has 1 aliphatic rings. The molecule has 2 rings (SSSR count). The van der Waals surface area contributed by atoms with E-state index in [0.717, 1.165) is 0 Å². The molecule has 1 aromatic rings. The van der Waals surface area contributed by atoms with Crippen LogP contribution in [0.5, 0.6) is 0 Å². The first-order chi connectivity index (χ1) is 8.83. The van der Waals surface area contributed by atoms with Gasteiger partial charge in [-0.2, -0.15) is 0 Å². The summed E-state index contributed by atoms with van der Waals surface area (Å²) in [5.74, 6) is 0. The molecule has 0 bridgehead atoms. The van der Waals surface area contributed by atoms with Crippen LogP contribution >= 0.6 is 0 Å². The van der Waals surface area contributed by atoms with Crippen molar-refractivity contribution in [2.75, 3.05) is 0 Å². The van der Waals surface area contributed by atoms with Crippen molar-refractivity contribution in [2.24, 2.45) is 0 Å². The Labute approximate surface area is 121 Å². The van der Waals surface area contributed by atoms with Gasteiger partial charge in [0.15, 0.2) is 0 Å². The van der Waals surface area contributed by atoms with Gasteiger partial charge in [0.25, 0.3) is 0 Å². The first kappa shape index (κ1) is 18.2. The van der Waals surface area contributed by atoms with E-state index in [9.17, 15) is 0 Å². The maximum absolute atomic E-state index is 2.39. The van der Waals surface area contributed by atoms with Gasteiger partial charge in [0.2, 0.25) is 0 Å². The fourth-order valence-corrected chi connectivity index (χ4v) is 2.70. The number of fused-ring (bicyclic) bond motifs is 1. The summed E-state index contributed by atoms with van der Waals surface area (Å²) >= 11 is 0. The lowest BCUT2D eigenvalue weighted by Crippen LogP contribution is -2.33. The van der Waals surface area contributed by atoms with Crippen LogP contribution < -0.4 is 0 Å². The topological polar surface area (TPSA) is 0 Å². The van der Waals surface area contributed by atoms with E-state index in [4.69, 9.17) is 0 Å². The summed E-state index contributed by atoms with van der Waals surface area (Å²) in [6.45, 7) is 19.7. The third kappa shape index (κ3) is 4.09. The van der Waals surface area contributed by atoms with Crippen molar-refractivity contribution < 1.29 is 0 Å². The Morgan fingerprint density at radius 2 is 1.16 bits per heavy atom. The van der Waals surface area contributed by atoms with Crippen molar-refractivity contribution >= 4 is 0 Å². The first-order valence-corrected chi connectivity index (χ1v) is 7.95. The molecule has 0 aromatic heterocycles. The minimum absolute atomic E-state index is 0.358. The molecule has 0 spiro atoms. The molecule has 19 heavy (non-hydrogen) atoms. The first-order valence-electron chi connectivity index (χ1n) is 7.95. The van der Waals surface area contributed by atoms with Crippen LogP contribution in [0.4, 0.5) is 0 Å². The molecule has 0 N–H and O–H groups in total. The van der Waals surface area contributed by atoms with Gasteiger partial charge in [-0.3, -0.25) is 0 Å². The largest absolute Gasteiger partial charge is 0.0683 e. The molecule has 0 radical (unpaired) electrons. The van der Waals surface area contributed by atoms with Crippen LogP contribution in [0, 0.1) is 6.92 Å². The zero-order chi connectivity index (χ0) is 15.3. The standard InChI is InChI=1S/C15H22.2C2H6/c1-11-6-7-12-13(10-11)15(4,5)9-8-14(12,2)3;2*1-2/h6-7,10H,8-9H2,1-5H3;2*1-2H3. The lowest BCUT2D eigenvalue weighted by Gasteiger charge is -2.42. The molecule has 110 valence electrons. The third-order valence-corrected chi connectivity index (χ3v) is 4.01. The van der Waals surface area contributed by atoms with Gasteiger partial charge in [0, 0.05) is 0 Å². The highest BCUT2D eigenvalue weighted by atomic mass is 14.4. The van der Waals surface area contributed by atoms with Crippen molar-refractivity contribution in [1.29, 1.82) is 0 Å². The minimum Gasteiger partial charge on any atom is -0.0683 e. The maximum Gasteiger partial charge on any atom is -0.0100 e. The Bertz CT molecular complexity index is 383. The van der Waals surface area contributed by atoms with Gasteiger partial charge in [0.05, 0.1) is 0 Å². The zero-order valence-corrected chi connectivity index (χ0v) is 14.6. The van der Waals surface area contributed by atoms with Crippen LogP contribution in [-0.4, -0.2) is 0 Å². The second-order valence-corrected chi connectivity index (χ2v) is 6.32. The number of aryl methyl sites for hydroxylation is 1. The van der Waals surface area contributed by atoms with Gasteiger partial charge in [-0.05, 0) is 41.7 Å². The number of hydrogen-bond donors (Lipinski definition) is 0. The normalized spacial score (nSPS) is 18.2. The number of hydrogen-bond acceptors (Lipinski definition) is 0.